The summed E-state index contributed by atoms with van der Waals surface area (Å²) in [6.45, 7) is 9.60. The molecule has 1 saturated carbocycles. The molecule has 3 heteroatoms. The Labute approximate surface area is 125 Å². The summed E-state index contributed by atoms with van der Waals surface area (Å²) in [6.07, 6.45) is 8.28. The zero-order valence-corrected chi connectivity index (χ0v) is 13.7. The molecule has 0 bridgehead atoms. The van der Waals surface area contributed by atoms with E-state index in [1.165, 1.54) is 45.1 Å². The van der Waals surface area contributed by atoms with Gasteiger partial charge in [0.2, 0.25) is 0 Å². The van der Waals surface area contributed by atoms with E-state index in [4.69, 9.17) is 4.74 Å². The van der Waals surface area contributed by atoms with E-state index in [0.717, 1.165) is 25.2 Å². The van der Waals surface area contributed by atoms with Gasteiger partial charge in [0.05, 0.1) is 6.61 Å². The summed E-state index contributed by atoms with van der Waals surface area (Å²) in [4.78, 5) is 0. The Balaban J connectivity index is 1.91. The van der Waals surface area contributed by atoms with Gasteiger partial charge < -0.3 is 15.4 Å². The maximum absolute atomic E-state index is 5.68. The first-order valence-electron chi connectivity index (χ1n) is 8.79. The maximum Gasteiger partial charge on any atom is 0.0622 e. The van der Waals surface area contributed by atoms with Crippen LogP contribution in [0.5, 0.6) is 0 Å². The molecule has 1 heterocycles. The second-order valence-electron chi connectivity index (χ2n) is 6.93. The largest absolute Gasteiger partial charge is 0.380 e. The molecule has 0 aromatic carbocycles. The third-order valence-electron chi connectivity index (χ3n) is 5.17. The van der Waals surface area contributed by atoms with Crippen LogP contribution in [0.1, 0.15) is 59.3 Å². The summed E-state index contributed by atoms with van der Waals surface area (Å²) in [7, 11) is 0. The number of hydrogen-bond acceptors (Lipinski definition) is 3. The van der Waals surface area contributed by atoms with Gasteiger partial charge >= 0.3 is 0 Å². The van der Waals surface area contributed by atoms with Gasteiger partial charge in [0.25, 0.3) is 0 Å². The zero-order chi connectivity index (χ0) is 14.4. The van der Waals surface area contributed by atoms with E-state index in [9.17, 15) is 0 Å². The molecule has 2 aliphatic rings. The molecule has 1 saturated heterocycles. The molecule has 1 aliphatic carbocycles. The molecule has 118 valence electrons. The van der Waals surface area contributed by atoms with Crippen LogP contribution in [0.3, 0.4) is 0 Å². The van der Waals surface area contributed by atoms with E-state index in [-0.39, 0.29) is 0 Å². The van der Waals surface area contributed by atoms with Crippen molar-refractivity contribution in [3.05, 3.63) is 0 Å². The van der Waals surface area contributed by atoms with E-state index in [0.29, 0.717) is 18.0 Å². The van der Waals surface area contributed by atoms with Gasteiger partial charge in [-0.05, 0) is 51.0 Å². The first kappa shape index (κ1) is 16.3. The highest BCUT2D eigenvalue weighted by Crippen LogP contribution is 2.31. The van der Waals surface area contributed by atoms with Crippen LogP contribution in [0, 0.1) is 11.8 Å². The SMILES string of the molecule is CCOCC(NC1CCCCC1C1CCCN1)C(C)C. The van der Waals surface area contributed by atoms with Crippen LogP contribution in [-0.4, -0.2) is 37.9 Å². The molecule has 3 nitrogen and oxygen atoms in total. The van der Waals surface area contributed by atoms with E-state index in [1.54, 1.807) is 0 Å². The predicted octanol–water partition coefficient (Wildman–Crippen LogP) is 2.95. The molecule has 4 unspecified atom stereocenters. The van der Waals surface area contributed by atoms with Crippen molar-refractivity contribution in [1.29, 1.82) is 0 Å². The van der Waals surface area contributed by atoms with Gasteiger partial charge in [-0.15, -0.1) is 0 Å². The van der Waals surface area contributed by atoms with E-state index >= 15 is 0 Å². The lowest BCUT2D eigenvalue weighted by Crippen LogP contribution is -2.52. The van der Waals surface area contributed by atoms with Crippen LogP contribution in [-0.2, 0) is 4.74 Å². The highest BCUT2D eigenvalue weighted by molar-refractivity contribution is 4.93. The minimum absolute atomic E-state index is 0.502. The Morgan fingerprint density at radius 1 is 1.15 bits per heavy atom. The smallest absolute Gasteiger partial charge is 0.0622 e. The molecule has 0 aromatic rings. The highest BCUT2D eigenvalue weighted by atomic mass is 16.5. The monoisotopic (exact) mass is 282 g/mol. The summed E-state index contributed by atoms with van der Waals surface area (Å²) in [5.74, 6) is 1.47. The lowest BCUT2D eigenvalue weighted by molar-refractivity contribution is 0.0897. The van der Waals surface area contributed by atoms with Crippen molar-refractivity contribution >= 4 is 0 Å². The summed E-state index contributed by atoms with van der Waals surface area (Å²) in [6, 6.07) is 1.95. The van der Waals surface area contributed by atoms with Crippen molar-refractivity contribution in [2.75, 3.05) is 19.8 Å². The predicted molar refractivity (Wildman–Crippen MR) is 85.0 cm³/mol. The van der Waals surface area contributed by atoms with Crippen LogP contribution in [0.2, 0.25) is 0 Å². The average molecular weight is 282 g/mol. The second kappa shape index (κ2) is 8.35. The van der Waals surface area contributed by atoms with Gasteiger partial charge in [-0.2, -0.15) is 0 Å². The fourth-order valence-corrected chi connectivity index (χ4v) is 3.88. The van der Waals surface area contributed by atoms with Crippen molar-refractivity contribution in [3.63, 3.8) is 0 Å². The summed E-state index contributed by atoms with van der Waals surface area (Å²) in [5.41, 5.74) is 0. The van der Waals surface area contributed by atoms with Crippen LogP contribution >= 0.6 is 0 Å². The van der Waals surface area contributed by atoms with Gasteiger partial charge in [-0.1, -0.05) is 26.7 Å². The summed E-state index contributed by atoms with van der Waals surface area (Å²) >= 11 is 0. The first-order chi connectivity index (χ1) is 9.72. The van der Waals surface area contributed by atoms with Crippen LogP contribution in [0.25, 0.3) is 0 Å². The molecule has 20 heavy (non-hydrogen) atoms. The normalized spacial score (nSPS) is 32.7. The quantitative estimate of drug-likeness (QED) is 0.753. The van der Waals surface area contributed by atoms with Crippen molar-refractivity contribution in [1.82, 2.24) is 10.6 Å². The number of hydrogen-bond donors (Lipinski definition) is 2. The third-order valence-corrected chi connectivity index (χ3v) is 5.17. The summed E-state index contributed by atoms with van der Waals surface area (Å²) < 4.78 is 5.68. The van der Waals surface area contributed by atoms with E-state index in [2.05, 4.69) is 31.4 Å². The molecular formula is C17H34N2O. The standard InChI is InChI=1S/C17H34N2O/c1-4-20-12-17(13(2)3)19-16-9-6-5-8-14(16)15-10-7-11-18-15/h13-19H,4-12H2,1-3H3. The van der Waals surface area contributed by atoms with Crippen molar-refractivity contribution < 1.29 is 4.74 Å². The molecule has 1 aliphatic heterocycles. The molecule has 0 aromatic heterocycles. The maximum atomic E-state index is 5.68. The molecule has 2 fully saturated rings. The van der Waals surface area contributed by atoms with Gasteiger partial charge in [0.1, 0.15) is 0 Å². The van der Waals surface area contributed by atoms with Gasteiger partial charge in [0, 0.05) is 24.7 Å². The average Bonchev–Trinajstić information content (AvgIpc) is 2.97. The minimum Gasteiger partial charge on any atom is -0.380 e. The second-order valence-corrected chi connectivity index (χ2v) is 6.93. The Hall–Kier alpha value is -0.120. The van der Waals surface area contributed by atoms with E-state index < -0.39 is 0 Å². The third kappa shape index (κ3) is 4.44. The fraction of sp³-hybridized carbons (Fsp3) is 1.00. The van der Waals surface area contributed by atoms with Gasteiger partial charge in [0.15, 0.2) is 0 Å². The molecule has 2 rings (SSSR count). The van der Waals surface area contributed by atoms with Crippen LogP contribution in [0.15, 0.2) is 0 Å². The lowest BCUT2D eigenvalue weighted by Gasteiger charge is -2.39. The molecule has 0 radical (unpaired) electrons. The van der Waals surface area contributed by atoms with Crippen molar-refractivity contribution in [3.8, 4) is 0 Å². The number of ether oxygens (including phenoxy) is 1. The molecule has 4 atom stereocenters. The van der Waals surface area contributed by atoms with Gasteiger partial charge in [-0.25, -0.2) is 0 Å². The lowest BCUT2D eigenvalue weighted by atomic mass is 9.78. The molecular weight excluding hydrogens is 248 g/mol. The summed E-state index contributed by atoms with van der Waals surface area (Å²) in [5, 5.41) is 7.68. The molecule has 0 amide bonds. The van der Waals surface area contributed by atoms with Crippen molar-refractivity contribution in [2.24, 2.45) is 11.8 Å². The van der Waals surface area contributed by atoms with Crippen LogP contribution in [0.4, 0.5) is 0 Å². The minimum atomic E-state index is 0.502. The van der Waals surface area contributed by atoms with Gasteiger partial charge in [-0.3, -0.25) is 0 Å². The first-order valence-corrected chi connectivity index (χ1v) is 8.79. The molecule has 2 N–H and O–H groups in total. The fourth-order valence-electron chi connectivity index (χ4n) is 3.88. The topological polar surface area (TPSA) is 33.3 Å². The van der Waals surface area contributed by atoms with Crippen molar-refractivity contribution in [2.45, 2.75) is 77.4 Å². The Kier molecular flexibility index (Phi) is 6.79. The highest BCUT2D eigenvalue weighted by Gasteiger charge is 2.34. The molecule has 0 spiro atoms. The number of nitrogens with one attached hydrogen (secondary N) is 2. The Morgan fingerprint density at radius 2 is 1.95 bits per heavy atom. The number of rotatable bonds is 7. The van der Waals surface area contributed by atoms with E-state index in [1.807, 2.05) is 0 Å². The Morgan fingerprint density at radius 3 is 2.60 bits per heavy atom. The van der Waals surface area contributed by atoms with Crippen LogP contribution < -0.4 is 10.6 Å². The Bertz CT molecular complexity index is 264. The zero-order valence-electron chi connectivity index (χ0n) is 13.7.